The molecule has 2 aliphatic heterocycles. The molecule has 2 heterocycles. The van der Waals surface area contributed by atoms with Gasteiger partial charge >= 0.3 is 0 Å². The SMILES string of the molecule is CC(=O)N1CCC2(CC1)CC(=O)c1ccc(OCC(=O)NC(C)C)cc1O2. The van der Waals surface area contributed by atoms with Crippen molar-refractivity contribution in [2.75, 3.05) is 19.7 Å². The highest BCUT2D eigenvalue weighted by Crippen LogP contribution is 2.40. The number of ether oxygens (including phenoxy) is 2. The molecule has 146 valence electrons. The predicted octanol–water partition coefficient (Wildman–Crippen LogP) is 1.94. The smallest absolute Gasteiger partial charge is 0.258 e. The number of nitrogens with zero attached hydrogens (tertiary/aromatic N) is 1. The lowest BCUT2D eigenvalue weighted by Gasteiger charge is -2.43. The number of hydrogen-bond donors (Lipinski definition) is 1. The Balaban J connectivity index is 1.70. The van der Waals surface area contributed by atoms with E-state index in [2.05, 4.69) is 5.32 Å². The van der Waals surface area contributed by atoms with Crippen molar-refractivity contribution in [1.82, 2.24) is 10.2 Å². The maximum Gasteiger partial charge on any atom is 0.258 e. The zero-order valence-corrected chi connectivity index (χ0v) is 16.0. The van der Waals surface area contributed by atoms with Gasteiger partial charge in [-0.25, -0.2) is 0 Å². The van der Waals surface area contributed by atoms with Gasteiger partial charge in [-0.2, -0.15) is 0 Å². The summed E-state index contributed by atoms with van der Waals surface area (Å²) in [5.74, 6) is 0.857. The lowest BCUT2D eigenvalue weighted by atomic mass is 9.82. The molecule has 1 aromatic rings. The summed E-state index contributed by atoms with van der Waals surface area (Å²) in [5, 5.41) is 2.76. The van der Waals surface area contributed by atoms with E-state index in [0.717, 1.165) is 0 Å². The van der Waals surface area contributed by atoms with E-state index in [1.54, 1.807) is 30.0 Å². The van der Waals surface area contributed by atoms with E-state index in [1.807, 2.05) is 13.8 Å². The van der Waals surface area contributed by atoms with E-state index in [4.69, 9.17) is 9.47 Å². The van der Waals surface area contributed by atoms with Gasteiger partial charge in [0, 0.05) is 45.0 Å². The number of benzene rings is 1. The molecule has 0 unspecified atom stereocenters. The molecule has 0 aliphatic carbocycles. The third-order valence-electron chi connectivity index (χ3n) is 5.00. The molecule has 0 atom stereocenters. The minimum atomic E-state index is -0.566. The average Bonchev–Trinajstić information content (AvgIpc) is 2.59. The van der Waals surface area contributed by atoms with Crippen molar-refractivity contribution in [3.05, 3.63) is 23.8 Å². The van der Waals surface area contributed by atoms with Crippen LogP contribution in [0.2, 0.25) is 0 Å². The molecule has 3 rings (SSSR count). The van der Waals surface area contributed by atoms with Gasteiger partial charge in [0.25, 0.3) is 5.91 Å². The largest absolute Gasteiger partial charge is 0.486 e. The quantitative estimate of drug-likeness (QED) is 0.871. The highest BCUT2D eigenvalue weighted by atomic mass is 16.5. The van der Waals surface area contributed by atoms with Crippen molar-refractivity contribution in [1.29, 1.82) is 0 Å². The number of hydrogen-bond acceptors (Lipinski definition) is 5. The van der Waals surface area contributed by atoms with Crippen molar-refractivity contribution in [3.63, 3.8) is 0 Å². The fourth-order valence-corrected chi connectivity index (χ4v) is 3.58. The molecule has 0 radical (unpaired) electrons. The van der Waals surface area contributed by atoms with Gasteiger partial charge in [-0.1, -0.05) is 0 Å². The van der Waals surface area contributed by atoms with E-state index < -0.39 is 5.60 Å². The van der Waals surface area contributed by atoms with Gasteiger partial charge in [0.05, 0.1) is 12.0 Å². The molecular weight excluding hydrogens is 348 g/mol. The fraction of sp³-hybridized carbons (Fsp3) is 0.550. The maximum absolute atomic E-state index is 12.6. The Kier molecular flexibility index (Phi) is 5.39. The summed E-state index contributed by atoms with van der Waals surface area (Å²) < 4.78 is 11.8. The summed E-state index contributed by atoms with van der Waals surface area (Å²) >= 11 is 0. The standard InChI is InChI=1S/C20H26N2O5/c1-13(2)21-19(25)12-26-15-4-5-16-17(24)11-20(27-18(16)10-15)6-8-22(9-7-20)14(3)23/h4-5,10,13H,6-9,11-12H2,1-3H3,(H,21,25). The number of Topliss-reactive ketones (excluding diaryl/α,β-unsaturated/α-hetero) is 1. The normalized spacial score (nSPS) is 18.1. The van der Waals surface area contributed by atoms with Crippen molar-refractivity contribution >= 4 is 17.6 Å². The first-order valence-corrected chi connectivity index (χ1v) is 9.32. The van der Waals surface area contributed by atoms with Crippen LogP contribution in [0, 0.1) is 0 Å². The third kappa shape index (κ3) is 4.40. The Bertz CT molecular complexity index is 751. The Morgan fingerprint density at radius 2 is 2.00 bits per heavy atom. The molecule has 0 saturated carbocycles. The van der Waals surface area contributed by atoms with Crippen LogP contribution < -0.4 is 14.8 Å². The Morgan fingerprint density at radius 3 is 2.63 bits per heavy atom. The lowest BCUT2D eigenvalue weighted by molar-refractivity contribution is -0.132. The van der Waals surface area contributed by atoms with Crippen LogP contribution in [-0.4, -0.2) is 53.8 Å². The number of carbonyl (C=O) groups is 3. The lowest BCUT2D eigenvalue weighted by Crippen LogP contribution is -2.51. The minimum absolute atomic E-state index is 0.0385. The van der Waals surface area contributed by atoms with Crippen molar-refractivity contribution < 1.29 is 23.9 Å². The average molecular weight is 374 g/mol. The first-order chi connectivity index (χ1) is 12.8. The predicted molar refractivity (Wildman–Crippen MR) is 99.0 cm³/mol. The number of likely N-dealkylation sites (tertiary alicyclic amines) is 1. The molecule has 0 aromatic heterocycles. The first-order valence-electron chi connectivity index (χ1n) is 9.32. The third-order valence-corrected chi connectivity index (χ3v) is 5.00. The van der Waals surface area contributed by atoms with Gasteiger partial charge in [0.15, 0.2) is 12.4 Å². The molecule has 1 spiro atoms. The second-order valence-corrected chi connectivity index (χ2v) is 7.56. The van der Waals surface area contributed by atoms with Gasteiger partial charge in [0.2, 0.25) is 5.91 Å². The second-order valence-electron chi connectivity index (χ2n) is 7.56. The van der Waals surface area contributed by atoms with Crippen LogP contribution >= 0.6 is 0 Å². The summed E-state index contributed by atoms with van der Waals surface area (Å²) in [6.07, 6.45) is 1.57. The molecule has 27 heavy (non-hydrogen) atoms. The monoisotopic (exact) mass is 374 g/mol. The Morgan fingerprint density at radius 1 is 1.30 bits per heavy atom. The molecule has 1 aromatic carbocycles. The van der Waals surface area contributed by atoms with Crippen LogP contribution in [0.4, 0.5) is 0 Å². The molecule has 1 saturated heterocycles. The maximum atomic E-state index is 12.6. The number of amides is 2. The van der Waals surface area contributed by atoms with Gasteiger partial charge in [0.1, 0.15) is 17.1 Å². The first kappa shape index (κ1) is 19.2. The van der Waals surface area contributed by atoms with Crippen LogP contribution in [-0.2, 0) is 9.59 Å². The fourth-order valence-electron chi connectivity index (χ4n) is 3.58. The molecule has 2 aliphatic rings. The summed E-state index contributed by atoms with van der Waals surface area (Å²) in [6, 6.07) is 5.09. The summed E-state index contributed by atoms with van der Waals surface area (Å²) in [5.41, 5.74) is -0.0301. The molecular formula is C20H26N2O5. The highest BCUT2D eigenvalue weighted by molar-refractivity contribution is 6.00. The molecule has 1 fully saturated rings. The molecule has 2 amide bonds. The zero-order chi connectivity index (χ0) is 19.6. The van der Waals surface area contributed by atoms with Gasteiger partial charge < -0.3 is 19.7 Å². The van der Waals surface area contributed by atoms with Crippen molar-refractivity contribution in [2.24, 2.45) is 0 Å². The minimum Gasteiger partial charge on any atom is -0.486 e. The topological polar surface area (TPSA) is 84.9 Å². The number of rotatable bonds is 4. The van der Waals surface area contributed by atoms with Gasteiger partial charge in [-0.15, -0.1) is 0 Å². The number of carbonyl (C=O) groups excluding carboxylic acids is 3. The number of fused-ring (bicyclic) bond motifs is 1. The summed E-state index contributed by atoms with van der Waals surface area (Å²) in [4.78, 5) is 37.7. The van der Waals surface area contributed by atoms with Crippen LogP contribution in [0.15, 0.2) is 18.2 Å². The number of piperidine rings is 1. The van der Waals surface area contributed by atoms with Crippen LogP contribution in [0.25, 0.3) is 0 Å². The van der Waals surface area contributed by atoms with Crippen LogP contribution in [0.1, 0.15) is 50.4 Å². The Hall–Kier alpha value is -2.57. The summed E-state index contributed by atoms with van der Waals surface area (Å²) in [7, 11) is 0. The molecule has 0 bridgehead atoms. The van der Waals surface area contributed by atoms with E-state index in [1.165, 1.54) is 0 Å². The van der Waals surface area contributed by atoms with Gasteiger partial charge in [-0.3, -0.25) is 14.4 Å². The van der Waals surface area contributed by atoms with Gasteiger partial charge in [-0.05, 0) is 26.0 Å². The van der Waals surface area contributed by atoms with E-state index >= 15 is 0 Å². The number of ketones is 1. The number of nitrogens with one attached hydrogen (secondary N) is 1. The van der Waals surface area contributed by atoms with E-state index in [9.17, 15) is 14.4 Å². The summed E-state index contributed by atoms with van der Waals surface area (Å²) in [6.45, 7) is 6.40. The van der Waals surface area contributed by atoms with Crippen molar-refractivity contribution in [3.8, 4) is 11.5 Å². The molecule has 7 heteroatoms. The molecule has 7 nitrogen and oxygen atoms in total. The molecule has 1 N–H and O–H groups in total. The van der Waals surface area contributed by atoms with E-state index in [-0.39, 0.29) is 30.2 Å². The van der Waals surface area contributed by atoms with E-state index in [0.29, 0.717) is 49.4 Å². The Labute approximate surface area is 159 Å². The van der Waals surface area contributed by atoms with Crippen LogP contribution in [0.5, 0.6) is 11.5 Å². The van der Waals surface area contributed by atoms with Crippen molar-refractivity contribution in [2.45, 2.75) is 51.7 Å². The zero-order valence-electron chi connectivity index (χ0n) is 16.0. The highest BCUT2D eigenvalue weighted by Gasteiger charge is 2.43. The van der Waals surface area contributed by atoms with Crippen LogP contribution in [0.3, 0.4) is 0 Å². The second kappa shape index (κ2) is 7.58.